The van der Waals surface area contributed by atoms with Gasteiger partial charge >= 0.3 is 0 Å². The zero-order valence-electron chi connectivity index (χ0n) is 21.8. The number of aromatic nitrogens is 4. The normalized spacial score (nSPS) is 19.6. The maximum atomic E-state index is 13.6. The molecule has 11 heteroatoms. The highest BCUT2D eigenvalue weighted by Gasteiger charge is 2.27. The molecule has 0 saturated carbocycles. The highest BCUT2D eigenvalue weighted by atomic mass is 19.1. The first-order valence-electron chi connectivity index (χ1n) is 13.0. The molecule has 2 aromatic heterocycles. The summed E-state index contributed by atoms with van der Waals surface area (Å²) in [6.07, 6.45) is 6.51. The van der Waals surface area contributed by atoms with Crippen LogP contribution in [-0.2, 0) is 0 Å². The summed E-state index contributed by atoms with van der Waals surface area (Å²) in [5, 5.41) is 14.5. The summed E-state index contributed by atoms with van der Waals surface area (Å²) in [4.78, 5) is 15.3. The van der Waals surface area contributed by atoms with Gasteiger partial charge in [0, 0.05) is 75.1 Å². The van der Waals surface area contributed by atoms with Crippen molar-refractivity contribution >= 4 is 23.5 Å². The zero-order chi connectivity index (χ0) is 26.8. The van der Waals surface area contributed by atoms with Crippen molar-refractivity contribution in [1.82, 2.24) is 24.6 Å². The Morgan fingerprint density at radius 1 is 1.03 bits per heavy atom. The summed E-state index contributed by atoms with van der Waals surface area (Å²) in [6, 6.07) is 5.54. The number of aliphatic hydroxyl groups excluding tert-OH is 1. The lowest BCUT2D eigenvalue weighted by molar-refractivity contribution is 0.136. The van der Waals surface area contributed by atoms with E-state index in [2.05, 4.69) is 30.9 Å². The van der Waals surface area contributed by atoms with Crippen LogP contribution in [0.3, 0.4) is 0 Å². The number of piperazine rings is 1. The highest BCUT2D eigenvalue weighted by Crippen LogP contribution is 2.27. The molecule has 38 heavy (non-hydrogen) atoms. The van der Waals surface area contributed by atoms with Crippen molar-refractivity contribution in [2.24, 2.45) is 5.92 Å². The predicted molar refractivity (Wildman–Crippen MR) is 144 cm³/mol. The molecule has 1 aromatic carbocycles. The Bertz CT molecular complexity index is 1280. The van der Waals surface area contributed by atoms with Gasteiger partial charge in [0.15, 0.2) is 5.82 Å². The first kappa shape index (κ1) is 26.1. The molecule has 202 valence electrons. The summed E-state index contributed by atoms with van der Waals surface area (Å²) < 4.78 is 28.9. The van der Waals surface area contributed by atoms with Gasteiger partial charge in [0.05, 0.1) is 18.0 Å². The highest BCUT2D eigenvalue weighted by molar-refractivity contribution is 5.54. The Labute approximate surface area is 221 Å². The van der Waals surface area contributed by atoms with Gasteiger partial charge in [0.1, 0.15) is 17.5 Å². The van der Waals surface area contributed by atoms with Crippen molar-refractivity contribution in [3.63, 3.8) is 0 Å². The van der Waals surface area contributed by atoms with Crippen molar-refractivity contribution in [2.75, 3.05) is 61.3 Å². The van der Waals surface area contributed by atoms with Crippen LogP contribution in [0.4, 0.5) is 26.2 Å². The molecule has 0 aliphatic carbocycles. The van der Waals surface area contributed by atoms with Gasteiger partial charge in [-0.1, -0.05) is 12.2 Å². The van der Waals surface area contributed by atoms with Crippen LogP contribution < -0.4 is 15.5 Å². The van der Waals surface area contributed by atoms with E-state index >= 15 is 0 Å². The first-order chi connectivity index (χ1) is 18.3. The van der Waals surface area contributed by atoms with Crippen molar-refractivity contribution in [3.8, 4) is 5.82 Å². The number of nitrogen functional groups attached to an aromatic ring is 1. The van der Waals surface area contributed by atoms with Crippen LogP contribution in [0.1, 0.15) is 24.6 Å². The van der Waals surface area contributed by atoms with E-state index in [9.17, 15) is 13.9 Å². The summed E-state index contributed by atoms with van der Waals surface area (Å²) in [7, 11) is 0. The van der Waals surface area contributed by atoms with E-state index in [-0.39, 0.29) is 18.0 Å². The van der Waals surface area contributed by atoms with E-state index in [0.29, 0.717) is 24.6 Å². The van der Waals surface area contributed by atoms with Gasteiger partial charge in [-0.25, -0.2) is 13.5 Å². The summed E-state index contributed by atoms with van der Waals surface area (Å²) in [6.45, 7) is 9.14. The van der Waals surface area contributed by atoms with Crippen molar-refractivity contribution < 1.29 is 13.9 Å². The Morgan fingerprint density at radius 3 is 2.42 bits per heavy atom. The Morgan fingerprint density at radius 2 is 1.74 bits per heavy atom. The topological polar surface area (TPSA) is 99.6 Å². The molecule has 4 heterocycles. The van der Waals surface area contributed by atoms with Crippen LogP contribution in [0.25, 0.3) is 11.9 Å². The van der Waals surface area contributed by atoms with Crippen LogP contribution >= 0.6 is 0 Å². The third-order valence-electron chi connectivity index (χ3n) is 7.46. The number of anilines is 3. The fraction of sp³-hybridized carbons (Fsp3) is 0.444. The molecule has 0 radical (unpaired) electrons. The number of nitrogens with zero attached hydrogens (tertiary/aromatic N) is 7. The Balaban J connectivity index is 1.20. The van der Waals surface area contributed by atoms with Gasteiger partial charge < -0.3 is 20.6 Å². The van der Waals surface area contributed by atoms with Crippen molar-refractivity contribution in [1.29, 1.82) is 0 Å². The SMILES string of the molecule is Cc1c(/C=C/CN2CCN(c3cc(F)cc(F)c3)CC2)cnn1-c1cc(N2CC[C@@H](C(C)O)C2)nc(N)n1. The second-order valence-electron chi connectivity index (χ2n) is 10.1. The summed E-state index contributed by atoms with van der Waals surface area (Å²) >= 11 is 0. The van der Waals surface area contributed by atoms with Crippen molar-refractivity contribution in [3.05, 3.63) is 59.4 Å². The Hall–Kier alpha value is -3.57. The fourth-order valence-corrected chi connectivity index (χ4v) is 5.16. The fourth-order valence-electron chi connectivity index (χ4n) is 5.16. The van der Waals surface area contributed by atoms with E-state index in [4.69, 9.17) is 5.73 Å². The van der Waals surface area contributed by atoms with Gasteiger partial charge in [-0.05, 0) is 32.4 Å². The number of halogens is 2. The summed E-state index contributed by atoms with van der Waals surface area (Å²) in [5.41, 5.74) is 8.54. The molecule has 3 N–H and O–H groups in total. The minimum absolute atomic E-state index is 0.185. The number of hydrogen-bond donors (Lipinski definition) is 2. The molecular formula is C27H34F2N8O. The molecular weight excluding hydrogens is 490 g/mol. The quantitative estimate of drug-likeness (QED) is 0.487. The van der Waals surface area contributed by atoms with Crippen LogP contribution in [0.2, 0.25) is 0 Å². The third-order valence-corrected chi connectivity index (χ3v) is 7.46. The predicted octanol–water partition coefficient (Wildman–Crippen LogP) is 2.87. The van der Waals surface area contributed by atoms with E-state index in [1.807, 2.05) is 30.9 Å². The molecule has 2 saturated heterocycles. The van der Waals surface area contributed by atoms with Gasteiger partial charge in [0.2, 0.25) is 5.95 Å². The molecule has 0 amide bonds. The summed E-state index contributed by atoms with van der Waals surface area (Å²) in [5.74, 6) is 0.638. The van der Waals surface area contributed by atoms with Crippen LogP contribution in [0.5, 0.6) is 0 Å². The first-order valence-corrected chi connectivity index (χ1v) is 13.0. The number of aliphatic hydroxyl groups is 1. The molecule has 3 aromatic rings. The maximum absolute atomic E-state index is 13.6. The van der Waals surface area contributed by atoms with Gasteiger partial charge in [-0.15, -0.1) is 0 Å². The van der Waals surface area contributed by atoms with Gasteiger partial charge in [-0.3, -0.25) is 4.90 Å². The lowest BCUT2D eigenvalue weighted by atomic mass is 10.0. The number of hydrogen-bond acceptors (Lipinski definition) is 8. The van der Waals surface area contributed by atoms with Crippen LogP contribution in [-0.4, -0.2) is 81.7 Å². The van der Waals surface area contributed by atoms with Gasteiger partial charge in [-0.2, -0.15) is 15.1 Å². The largest absolute Gasteiger partial charge is 0.393 e. The number of benzene rings is 1. The lowest BCUT2D eigenvalue weighted by Gasteiger charge is -2.35. The standard InChI is InChI=1S/C27H34F2N8O/c1-18-20(4-3-6-34-8-10-35(11-9-34)24-13-22(28)12-23(29)14-24)16-31-37(18)26-15-25(32-27(30)33-26)36-7-5-21(17-36)19(2)38/h3-4,12-16,19,21,38H,5-11,17H2,1-2H3,(H2,30,32,33)/b4-3+/t19?,21-/m1/s1. The second kappa shape index (κ2) is 11.0. The number of nitrogens with two attached hydrogens (primary N) is 1. The molecule has 2 aliphatic rings. The average Bonchev–Trinajstić information content (AvgIpc) is 3.51. The van der Waals surface area contributed by atoms with E-state index in [1.54, 1.807) is 10.9 Å². The molecule has 5 rings (SSSR count). The average molecular weight is 525 g/mol. The molecule has 2 atom stereocenters. The molecule has 9 nitrogen and oxygen atoms in total. The van der Waals surface area contributed by atoms with E-state index in [1.165, 1.54) is 12.1 Å². The Kier molecular flexibility index (Phi) is 7.57. The molecule has 0 spiro atoms. The van der Waals surface area contributed by atoms with Crippen LogP contribution in [0, 0.1) is 24.5 Å². The van der Waals surface area contributed by atoms with Crippen LogP contribution in [0.15, 0.2) is 36.5 Å². The molecule has 0 bridgehead atoms. The van der Waals surface area contributed by atoms with Gasteiger partial charge in [0.25, 0.3) is 0 Å². The third kappa shape index (κ3) is 5.78. The zero-order valence-corrected chi connectivity index (χ0v) is 21.8. The van der Waals surface area contributed by atoms with Crippen molar-refractivity contribution in [2.45, 2.75) is 26.4 Å². The van der Waals surface area contributed by atoms with E-state index in [0.717, 1.165) is 62.3 Å². The van der Waals surface area contributed by atoms with E-state index < -0.39 is 11.6 Å². The molecule has 2 fully saturated rings. The lowest BCUT2D eigenvalue weighted by Crippen LogP contribution is -2.46. The molecule has 1 unspecified atom stereocenters. The number of rotatable bonds is 7. The smallest absolute Gasteiger partial charge is 0.224 e. The monoisotopic (exact) mass is 524 g/mol. The maximum Gasteiger partial charge on any atom is 0.224 e. The second-order valence-corrected chi connectivity index (χ2v) is 10.1. The minimum atomic E-state index is -0.553. The molecule has 2 aliphatic heterocycles. The minimum Gasteiger partial charge on any atom is -0.393 e.